The van der Waals surface area contributed by atoms with Crippen LogP contribution in [0.5, 0.6) is 0 Å². The molecule has 236 valence electrons. The third kappa shape index (κ3) is 5.42. The first-order valence-corrected chi connectivity index (χ1v) is 16.6. The Morgan fingerprint density at radius 1 is 1.11 bits per heavy atom. The largest absolute Gasteiger partial charge is 0.402 e. The summed E-state index contributed by atoms with van der Waals surface area (Å²) in [5.41, 5.74) is 1.26. The Balaban J connectivity index is 1.32. The van der Waals surface area contributed by atoms with Gasteiger partial charge in [0.25, 0.3) is 10.0 Å². The van der Waals surface area contributed by atoms with Crippen molar-refractivity contribution < 1.29 is 30.8 Å². The maximum absolute atomic E-state index is 14.5. The molecular formula is C29H27F4N7O3S2. The fraction of sp³-hybridized carbons (Fsp3) is 0.414. The van der Waals surface area contributed by atoms with Crippen LogP contribution in [0.25, 0.3) is 11.8 Å². The highest BCUT2D eigenvalue weighted by molar-refractivity contribution is 7.89. The summed E-state index contributed by atoms with van der Waals surface area (Å²) in [5, 5.41) is 11.7. The molecular weight excluding hydrogens is 634 g/mol. The van der Waals surface area contributed by atoms with Crippen molar-refractivity contribution in [3.63, 3.8) is 0 Å². The number of rotatable bonds is 8. The van der Waals surface area contributed by atoms with Crippen LogP contribution in [0.3, 0.4) is 0 Å². The number of Topliss-reactive ketones (excluding diaryl/α,β-unsaturated/α-hetero) is 1. The third-order valence-corrected chi connectivity index (χ3v) is 11.7. The van der Waals surface area contributed by atoms with Gasteiger partial charge in [0.05, 0.1) is 29.2 Å². The summed E-state index contributed by atoms with van der Waals surface area (Å²) in [6, 6.07) is 4.60. The minimum Gasteiger partial charge on any atom is -0.290 e. The average Bonchev–Trinajstić information content (AvgIpc) is 3.35. The number of benzene rings is 1. The molecule has 0 saturated heterocycles. The maximum Gasteiger partial charge on any atom is 0.402 e. The molecule has 45 heavy (non-hydrogen) atoms. The van der Waals surface area contributed by atoms with E-state index in [1.54, 1.807) is 29.2 Å². The van der Waals surface area contributed by atoms with Crippen molar-refractivity contribution in [1.29, 1.82) is 0 Å². The lowest BCUT2D eigenvalue weighted by Crippen LogP contribution is -2.52. The smallest absolute Gasteiger partial charge is 0.290 e. The molecule has 0 radical (unpaired) electrons. The van der Waals surface area contributed by atoms with Crippen molar-refractivity contribution in [3.05, 3.63) is 75.4 Å². The highest BCUT2D eigenvalue weighted by Gasteiger charge is 2.53. The van der Waals surface area contributed by atoms with E-state index in [1.165, 1.54) is 30.5 Å². The number of allylic oxidation sites excluding steroid dienone is 1. The van der Waals surface area contributed by atoms with Crippen LogP contribution < -0.4 is 0 Å². The Hall–Kier alpha value is -3.76. The first kappa shape index (κ1) is 29.9. The van der Waals surface area contributed by atoms with Crippen LogP contribution in [0.4, 0.5) is 17.6 Å². The van der Waals surface area contributed by atoms with Crippen molar-refractivity contribution >= 4 is 33.2 Å². The zero-order chi connectivity index (χ0) is 31.7. The van der Waals surface area contributed by atoms with Gasteiger partial charge in [-0.3, -0.25) is 4.79 Å². The molecule has 0 aliphatic heterocycles. The molecule has 3 heterocycles. The first-order valence-electron chi connectivity index (χ1n) is 14.3. The summed E-state index contributed by atoms with van der Waals surface area (Å²) in [5.74, 6) is -0.406. The lowest BCUT2D eigenvalue weighted by molar-refractivity contribution is -0.140. The van der Waals surface area contributed by atoms with Crippen molar-refractivity contribution in [2.75, 3.05) is 6.54 Å². The molecule has 2 atom stereocenters. The molecule has 0 bridgehead atoms. The van der Waals surface area contributed by atoms with E-state index < -0.39 is 45.0 Å². The summed E-state index contributed by atoms with van der Waals surface area (Å²) < 4.78 is 84.9. The van der Waals surface area contributed by atoms with Crippen LogP contribution in [0.15, 0.2) is 53.5 Å². The van der Waals surface area contributed by atoms with Crippen LogP contribution in [-0.4, -0.2) is 67.0 Å². The summed E-state index contributed by atoms with van der Waals surface area (Å²) in [6.07, 6.45) is 3.28. The number of ketones is 1. The van der Waals surface area contributed by atoms with E-state index in [9.17, 15) is 30.8 Å². The maximum atomic E-state index is 14.5. The van der Waals surface area contributed by atoms with E-state index in [4.69, 9.17) is 0 Å². The number of halogens is 4. The second-order valence-electron chi connectivity index (χ2n) is 11.8. The molecule has 0 unspecified atom stereocenters. The second-order valence-corrected chi connectivity index (χ2v) is 14.7. The van der Waals surface area contributed by atoms with Gasteiger partial charge in [-0.2, -0.15) is 32.5 Å². The monoisotopic (exact) mass is 661 g/mol. The fourth-order valence-electron chi connectivity index (χ4n) is 6.42. The second kappa shape index (κ2) is 10.7. The van der Waals surface area contributed by atoms with E-state index in [-0.39, 0.29) is 36.5 Å². The third-order valence-electron chi connectivity index (χ3n) is 8.73. The zero-order valence-corrected chi connectivity index (χ0v) is 25.5. The Bertz CT molecular complexity index is 1930. The van der Waals surface area contributed by atoms with E-state index in [2.05, 4.69) is 20.3 Å². The molecule has 3 aromatic heterocycles. The van der Waals surface area contributed by atoms with E-state index >= 15 is 0 Å². The average molecular weight is 662 g/mol. The van der Waals surface area contributed by atoms with Gasteiger partial charge in [-0.25, -0.2) is 22.5 Å². The van der Waals surface area contributed by atoms with Gasteiger partial charge in [-0.15, -0.1) is 16.4 Å². The van der Waals surface area contributed by atoms with Crippen LogP contribution in [-0.2, 0) is 23.5 Å². The Morgan fingerprint density at radius 2 is 1.87 bits per heavy atom. The Morgan fingerprint density at radius 3 is 2.53 bits per heavy atom. The molecule has 0 N–H and O–H groups in total. The number of thiazole rings is 1. The number of alkyl halides is 3. The van der Waals surface area contributed by atoms with Crippen molar-refractivity contribution in [3.8, 4) is 5.69 Å². The number of carbonyl (C=O) groups is 1. The van der Waals surface area contributed by atoms with E-state index in [0.717, 1.165) is 28.7 Å². The van der Waals surface area contributed by atoms with Gasteiger partial charge in [0, 0.05) is 24.2 Å². The van der Waals surface area contributed by atoms with Crippen LogP contribution >= 0.6 is 11.3 Å². The van der Waals surface area contributed by atoms with Gasteiger partial charge >= 0.3 is 6.18 Å². The van der Waals surface area contributed by atoms with Crippen molar-refractivity contribution in [2.45, 2.75) is 61.7 Å². The Labute approximate surface area is 259 Å². The number of carbonyl (C=O) groups excluding carboxylic acids is 1. The summed E-state index contributed by atoms with van der Waals surface area (Å²) >= 11 is 1.29. The van der Waals surface area contributed by atoms with Gasteiger partial charge in [-0.05, 0) is 80.3 Å². The number of sulfonamides is 1. The van der Waals surface area contributed by atoms with Crippen LogP contribution in [0.1, 0.15) is 64.0 Å². The molecule has 0 spiro atoms. The predicted octanol–water partition coefficient (Wildman–Crippen LogP) is 5.09. The lowest BCUT2D eigenvalue weighted by atomic mass is 9.61. The van der Waals surface area contributed by atoms with Gasteiger partial charge in [0.1, 0.15) is 12.4 Å². The minimum atomic E-state index is -4.85. The molecule has 3 aliphatic rings. The van der Waals surface area contributed by atoms with Crippen molar-refractivity contribution in [2.24, 2.45) is 12.5 Å². The fourth-order valence-corrected chi connectivity index (χ4v) is 9.08. The molecule has 3 aliphatic carbocycles. The number of nitrogens with zero attached hydrogens (tertiary/aromatic N) is 7. The SMILES string of the molecule is Cn1ncc(S(=O)(=O)N(CC(F)(F)F)[C@H]2CCC3=Cc4c(cnn4-c4ccc(F)cc4)C[C@]3(C(=O)c3ncc(C4CC4)s3)C2)n1. The number of aryl methyl sites for hydroxylation is 1. The molecule has 7 rings (SSSR count). The standard InChI is InChI=1S/C29H27F4N7O3S2/c1-38-35-15-25(37-38)45(42,43)39(16-29(31,32)33)22-7-4-19-10-23-18(13-36-40(23)21-8-5-20(30)6-9-21)11-28(19,12-22)26(41)27-34-14-24(44-27)17-2-3-17/h5-6,8-10,13-15,17,22H,2-4,7,11-12,16H2,1H3/t22-,28-/m0/s1. The molecule has 1 aromatic carbocycles. The highest BCUT2D eigenvalue weighted by Crippen LogP contribution is 2.52. The number of hydrogen-bond acceptors (Lipinski definition) is 8. The summed E-state index contributed by atoms with van der Waals surface area (Å²) in [7, 11) is -3.37. The quantitative estimate of drug-likeness (QED) is 0.191. The van der Waals surface area contributed by atoms with Crippen LogP contribution in [0.2, 0.25) is 0 Å². The normalized spacial score (nSPS) is 21.8. The van der Waals surface area contributed by atoms with Gasteiger partial charge in [0.2, 0.25) is 10.8 Å². The van der Waals surface area contributed by atoms with Gasteiger partial charge < -0.3 is 0 Å². The lowest BCUT2D eigenvalue weighted by Gasteiger charge is -2.46. The number of aromatic nitrogens is 6. The Kier molecular flexibility index (Phi) is 7.09. The van der Waals surface area contributed by atoms with Gasteiger partial charge in [0.15, 0.2) is 5.01 Å². The van der Waals surface area contributed by atoms with Crippen molar-refractivity contribution in [1.82, 2.24) is 34.1 Å². The summed E-state index contributed by atoms with van der Waals surface area (Å²) in [6.45, 7) is -1.74. The molecule has 16 heteroatoms. The first-order chi connectivity index (χ1) is 21.3. The molecule has 4 aromatic rings. The minimum absolute atomic E-state index is 0.0433. The zero-order valence-electron chi connectivity index (χ0n) is 23.9. The van der Waals surface area contributed by atoms with Crippen LogP contribution in [0, 0.1) is 11.2 Å². The molecule has 2 fully saturated rings. The molecule has 2 saturated carbocycles. The topological polar surface area (TPSA) is 116 Å². The number of hydrogen-bond donors (Lipinski definition) is 0. The van der Waals surface area contributed by atoms with E-state index in [0.29, 0.717) is 32.7 Å². The number of fused-ring (bicyclic) bond motifs is 2. The molecule has 10 nitrogen and oxygen atoms in total. The predicted molar refractivity (Wildman–Crippen MR) is 155 cm³/mol. The van der Waals surface area contributed by atoms with E-state index in [1.807, 2.05) is 6.08 Å². The van der Waals surface area contributed by atoms with Gasteiger partial charge in [-0.1, -0.05) is 5.57 Å². The molecule has 0 amide bonds. The summed E-state index contributed by atoms with van der Waals surface area (Å²) in [4.78, 5) is 20.9. The highest BCUT2D eigenvalue weighted by atomic mass is 32.2.